The van der Waals surface area contributed by atoms with Gasteiger partial charge >= 0.3 is 0 Å². The molecule has 0 heterocycles. The van der Waals surface area contributed by atoms with Crippen molar-refractivity contribution in [2.24, 2.45) is 22.7 Å². The van der Waals surface area contributed by atoms with Crippen LogP contribution in [0, 0.1) is 22.7 Å². The van der Waals surface area contributed by atoms with E-state index in [-0.39, 0.29) is 22.6 Å². The summed E-state index contributed by atoms with van der Waals surface area (Å²) in [6.45, 7) is 5.68. The first-order valence-corrected chi connectivity index (χ1v) is 9.10. The Morgan fingerprint density at radius 1 is 0.864 bits per heavy atom. The van der Waals surface area contributed by atoms with Crippen molar-refractivity contribution in [2.45, 2.75) is 65.2 Å². The number of amides is 2. The first kappa shape index (κ1) is 15.8. The maximum atomic E-state index is 12.8. The third kappa shape index (κ3) is 2.55. The summed E-state index contributed by atoms with van der Waals surface area (Å²) in [6.07, 6.45) is 7.95. The highest BCUT2D eigenvalue weighted by Crippen LogP contribution is 2.65. The normalized spacial score (nSPS) is 38.8. The van der Waals surface area contributed by atoms with Crippen molar-refractivity contribution < 1.29 is 9.59 Å². The lowest BCUT2D eigenvalue weighted by atomic mass is 9.43. The summed E-state index contributed by atoms with van der Waals surface area (Å²) in [6, 6.07) is 0. The molecule has 0 unspecified atom stereocenters. The molecule has 4 fully saturated rings. The highest BCUT2D eigenvalue weighted by molar-refractivity contribution is 5.88. The summed E-state index contributed by atoms with van der Waals surface area (Å²) in [5.74, 6) is 1.58. The lowest BCUT2D eigenvalue weighted by Crippen LogP contribution is -2.61. The van der Waals surface area contributed by atoms with Gasteiger partial charge < -0.3 is 10.6 Å². The van der Waals surface area contributed by atoms with Gasteiger partial charge in [-0.25, -0.2) is 0 Å². The summed E-state index contributed by atoms with van der Waals surface area (Å²) in [4.78, 5) is 25.6. The molecule has 4 bridgehead atoms. The van der Waals surface area contributed by atoms with E-state index in [4.69, 9.17) is 0 Å². The van der Waals surface area contributed by atoms with E-state index in [1.807, 2.05) is 0 Å². The number of rotatable bonds is 6. The second kappa shape index (κ2) is 5.86. The second-order valence-electron chi connectivity index (χ2n) is 8.03. The minimum Gasteiger partial charge on any atom is -0.356 e. The second-order valence-corrected chi connectivity index (χ2v) is 8.03. The molecule has 124 valence electrons. The molecule has 2 N–H and O–H groups in total. The van der Waals surface area contributed by atoms with Gasteiger partial charge in [0.05, 0.1) is 10.8 Å². The summed E-state index contributed by atoms with van der Waals surface area (Å²) >= 11 is 0. The number of hydrogen-bond donors (Lipinski definition) is 2. The van der Waals surface area contributed by atoms with Crippen LogP contribution in [0.3, 0.4) is 0 Å². The maximum absolute atomic E-state index is 12.8. The van der Waals surface area contributed by atoms with Crippen LogP contribution < -0.4 is 10.6 Å². The molecule has 0 spiro atoms. The van der Waals surface area contributed by atoms with Gasteiger partial charge in [0.15, 0.2) is 0 Å². The summed E-state index contributed by atoms with van der Waals surface area (Å²) in [5.41, 5.74) is -0.522. The molecule has 0 aliphatic heterocycles. The third-order valence-electron chi connectivity index (χ3n) is 6.10. The van der Waals surface area contributed by atoms with Gasteiger partial charge in [0.2, 0.25) is 11.8 Å². The van der Waals surface area contributed by atoms with Crippen molar-refractivity contribution in [1.82, 2.24) is 10.6 Å². The molecular formula is C18H30N2O2. The van der Waals surface area contributed by atoms with Crippen LogP contribution in [0.1, 0.15) is 65.2 Å². The SMILES string of the molecule is CCCNC(=O)C12CC3CC(C1)CC(C(=O)NCCC)(C3)C2. The molecule has 4 aliphatic rings. The molecule has 0 aromatic heterocycles. The average molecular weight is 306 g/mol. The molecule has 4 heteroatoms. The van der Waals surface area contributed by atoms with Gasteiger partial charge in [-0.2, -0.15) is 0 Å². The summed E-state index contributed by atoms with van der Waals surface area (Å²) in [5, 5.41) is 6.24. The Labute approximate surface area is 133 Å². The molecule has 0 saturated heterocycles. The van der Waals surface area contributed by atoms with Crippen molar-refractivity contribution in [2.75, 3.05) is 13.1 Å². The standard InChI is InChI=1S/C18H30N2O2/c1-3-5-19-15(21)17-8-13-7-14(9-17)11-18(10-13,12-17)16(22)20-6-4-2/h13-14H,3-12H2,1-2H3,(H,19,21)(H,20,22). The van der Waals surface area contributed by atoms with E-state index in [2.05, 4.69) is 24.5 Å². The zero-order chi connectivity index (χ0) is 15.8. The highest BCUT2D eigenvalue weighted by Gasteiger charge is 2.62. The van der Waals surface area contributed by atoms with Gasteiger partial charge in [-0.1, -0.05) is 13.8 Å². The molecule has 2 amide bonds. The monoisotopic (exact) mass is 306 g/mol. The zero-order valence-corrected chi connectivity index (χ0v) is 14.0. The highest BCUT2D eigenvalue weighted by atomic mass is 16.2. The molecule has 4 rings (SSSR count). The van der Waals surface area contributed by atoms with Crippen LogP contribution in [0.2, 0.25) is 0 Å². The Kier molecular flexibility index (Phi) is 4.21. The van der Waals surface area contributed by atoms with Crippen LogP contribution in [0.4, 0.5) is 0 Å². The van der Waals surface area contributed by atoms with E-state index in [1.165, 1.54) is 6.42 Å². The van der Waals surface area contributed by atoms with Crippen molar-refractivity contribution in [3.05, 3.63) is 0 Å². The molecule has 0 aromatic carbocycles. The van der Waals surface area contributed by atoms with E-state index in [0.29, 0.717) is 11.8 Å². The summed E-state index contributed by atoms with van der Waals surface area (Å²) in [7, 11) is 0. The van der Waals surface area contributed by atoms with Gasteiger partial charge in [-0.3, -0.25) is 9.59 Å². The molecule has 4 nitrogen and oxygen atoms in total. The first-order valence-electron chi connectivity index (χ1n) is 9.10. The fraction of sp³-hybridized carbons (Fsp3) is 0.889. The van der Waals surface area contributed by atoms with Gasteiger partial charge in [0.25, 0.3) is 0 Å². The van der Waals surface area contributed by atoms with E-state index in [0.717, 1.165) is 58.0 Å². The minimum absolute atomic E-state index is 0.219. The Morgan fingerprint density at radius 2 is 1.27 bits per heavy atom. The Balaban J connectivity index is 1.80. The number of nitrogens with one attached hydrogen (secondary N) is 2. The van der Waals surface area contributed by atoms with Gasteiger partial charge in [0, 0.05) is 13.1 Å². The molecule has 0 aromatic rings. The molecule has 0 radical (unpaired) electrons. The Morgan fingerprint density at radius 3 is 1.64 bits per heavy atom. The predicted molar refractivity (Wildman–Crippen MR) is 86.1 cm³/mol. The Bertz CT molecular complexity index is 408. The van der Waals surface area contributed by atoms with E-state index in [9.17, 15) is 9.59 Å². The van der Waals surface area contributed by atoms with Crippen molar-refractivity contribution in [3.8, 4) is 0 Å². The number of carbonyl (C=O) groups is 2. The summed E-state index contributed by atoms with van der Waals surface area (Å²) < 4.78 is 0. The predicted octanol–water partition coefficient (Wildman–Crippen LogP) is 2.63. The van der Waals surface area contributed by atoms with Crippen molar-refractivity contribution in [3.63, 3.8) is 0 Å². The fourth-order valence-corrected chi connectivity index (χ4v) is 5.65. The van der Waals surface area contributed by atoms with Crippen LogP contribution in [0.5, 0.6) is 0 Å². The smallest absolute Gasteiger partial charge is 0.226 e. The quantitative estimate of drug-likeness (QED) is 0.792. The largest absolute Gasteiger partial charge is 0.356 e. The topological polar surface area (TPSA) is 58.2 Å². The molecule has 22 heavy (non-hydrogen) atoms. The van der Waals surface area contributed by atoms with E-state index < -0.39 is 0 Å². The lowest BCUT2D eigenvalue weighted by Gasteiger charge is -2.60. The lowest BCUT2D eigenvalue weighted by molar-refractivity contribution is -0.167. The average Bonchev–Trinajstić information content (AvgIpc) is 2.48. The molecule has 0 atom stereocenters. The van der Waals surface area contributed by atoms with Crippen LogP contribution in [0.15, 0.2) is 0 Å². The Hall–Kier alpha value is -1.06. The molecule has 4 aliphatic carbocycles. The molecule has 4 saturated carbocycles. The van der Waals surface area contributed by atoms with Crippen molar-refractivity contribution in [1.29, 1.82) is 0 Å². The van der Waals surface area contributed by atoms with Gasteiger partial charge in [0.1, 0.15) is 0 Å². The number of carbonyl (C=O) groups excluding carboxylic acids is 2. The van der Waals surface area contributed by atoms with Crippen LogP contribution in [0.25, 0.3) is 0 Å². The van der Waals surface area contributed by atoms with Crippen molar-refractivity contribution >= 4 is 11.8 Å². The maximum Gasteiger partial charge on any atom is 0.226 e. The van der Waals surface area contributed by atoms with E-state index in [1.54, 1.807) is 0 Å². The van der Waals surface area contributed by atoms with Gasteiger partial charge in [-0.15, -0.1) is 0 Å². The minimum atomic E-state index is -0.261. The van der Waals surface area contributed by atoms with E-state index >= 15 is 0 Å². The fourth-order valence-electron chi connectivity index (χ4n) is 5.65. The third-order valence-corrected chi connectivity index (χ3v) is 6.10. The first-order chi connectivity index (χ1) is 10.5. The van der Waals surface area contributed by atoms with Crippen LogP contribution >= 0.6 is 0 Å². The van der Waals surface area contributed by atoms with Gasteiger partial charge in [-0.05, 0) is 63.2 Å². The van der Waals surface area contributed by atoms with Crippen LogP contribution in [-0.2, 0) is 9.59 Å². The zero-order valence-electron chi connectivity index (χ0n) is 14.0. The number of hydrogen-bond acceptors (Lipinski definition) is 2. The molecular weight excluding hydrogens is 276 g/mol. The van der Waals surface area contributed by atoms with Crippen LogP contribution in [-0.4, -0.2) is 24.9 Å².